The van der Waals surface area contributed by atoms with Crippen LogP contribution in [0.3, 0.4) is 0 Å². The van der Waals surface area contributed by atoms with E-state index in [1.54, 1.807) is 7.11 Å². The van der Waals surface area contributed by atoms with Crippen molar-refractivity contribution in [1.82, 2.24) is 10.2 Å². The molecule has 3 nitrogen and oxygen atoms in total. The topological polar surface area (TPSA) is 24.5 Å². The van der Waals surface area contributed by atoms with Crippen molar-refractivity contribution in [1.29, 1.82) is 0 Å². The van der Waals surface area contributed by atoms with Crippen LogP contribution in [-0.4, -0.2) is 51.3 Å². The highest BCUT2D eigenvalue weighted by Gasteiger charge is 2.13. The number of rotatable bonds is 8. The normalized spacial score (nSPS) is 21.4. The Morgan fingerprint density at radius 2 is 2.13 bits per heavy atom. The van der Waals surface area contributed by atoms with Crippen LogP contribution in [-0.2, 0) is 4.74 Å². The summed E-state index contributed by atoms with van der Waals surface area (Å²) in [5.41, 5.74) is 0. The number of hydrogen-bond donors (Lipinski definition) is 1. The highest BCUT2D eigenvalue weighted by Crippen LogP contribution is 2.10. The molecule has 0 aromatic carbocycles. The van der Waals surface area contributed by atoms with E-state index in [-0.39, 0.29) is 0 Å². The maximum atomic E-state index is 5.04. The van der Waals surface area contributed by atoms with Crippen molar-refractivity contribution in [3.8, 4) is 0 Å². The van der Waals surface area contributed by atoms with Crippen molar-refractivity contribution in [2.75, 3.05) is 40.4 Å². The molecular weight excluding hydrogens is 188 g/mol. The maximum absolute atomic E-state index is 5.04. The zero-order valence-electron chi connectivity index (χ0n) is 10.3. The molecule has 1 atom stereocenters. The summed E-state index contributed by atoms with van der Waals surface area (Å²) >= 11 is 0. The van der Waals surface area contributed by atoms with Crippen LogP contribution in [0, 0.1) is 0 Å². The van der Waals surface area contributed by atoms with Gasteiger partial charge in [0.15, 0.2) is 0 Å². The number of nitrogens with zero attached hydrogens (tertiary/aromatic N) is 1. The molecule has 15 heavy (non-hydrogen) atoms. The summed E-state index contributed by atoms with van der Waals surface area (Å²) in [6.45, 7) is 4.50. The highest BCUT2D eigenvalue weighted by atomic mass is 16.5. The Morgan fingerprint density at radius 1 is 1.33 bits per heavy atom. The van der Waals surface area contributed by atoms with Gasteiger partial charge in [-0.15, -0.1) is 0 Å². The molecule has 1 fully saturated rings. The van der Waals surface area contributed by atoms with Crippen LogP contribution in [0.2, 0.25) is 0 Å². The largest absolute Gasteiger partial charge is 0.385 e. The van der Waals surface area contributed by atoms with Crippen LogP contribution >= 0.6 is 0 Å². The molecule has 1 aliphatic heterocycles. The fourth-order valence-electron chi connectivity index (χ4n) is 2.20. The molecule has 0 aromatic rings. The number of hydrogen-bond acceptors (Lipinski definition) is 3. The predicted octanol–water partition coefficient (Wildman–Crippen LogP) is 1.49. The molecule has 0 aromatic heterocycles. The number of nitrogens with one attached hydrogen (secondary N) is 1. The summed E-state index contributed by atoms with van der Waals surface area (Å²) in [7, 11) is 3.98. The molecular formula is C12H26N2O. The van der Waals surface area contributed by atoms with Gasteiger partial charge in [0, 0.05) is 26.3 Å². The van der Waals surface area contributed by atoms with Gasteiger partial charge in [0.1, 0.15) is 0 Å². The summed E-state index contributed by atoms with van der Waals surface area (Å²) < 4.78 is 5.04. The first kappa shape index (κ1) is 12.9. The van der Waals surface area contributed by atoms with E-state index in [1.807, 2.05) is 0 Å². The number of methoxy groups -OCH3 is 1. The molecule has 0 aliphatic carbocycles. The summed E-state index contributed by atoms with van der Waals surface area (Å²) in [5.74, 6) is 0. The molecule has 0 spiro atoms. The monoisotopic (exact) mass is 214 g/mol. The Balaban J connectivity index is 1.89. The van der Waals surface area contributed by atoms with Crippen molar-refractivity contribution >= 4 is 0 Å². The first-order valence-electron chi connectivity index (χ1n) is 6.24. The minimum Gasteiger partial charge on any atom is -0.385 e. The van der Waals surface area contributed by atoms with Crippen LogP contribution in [0.25, 0.3) is 0 Å². The van der Waals surface area contributed by atoms with Crippen molar-refractivity contribution in [3.05, 3.63) is 0 Å². The average Bonchev–Trinajstić information content (AvgIpc) is 2.71. The van der Waals surface area contributed by atoms with Crippen molar-refractivity contribution in [2.45, 2.75) is 38.1 Å². The van der Waals surface area contributed by atoms with E-state index in [0.29, 0.717) is 0 Å². The van der Waals surface area contributed by atoms with Gasteiger partial charge in [-0.1, -0.05) is 0 Å². The summed E-state index contributed by atoms with van der Waals surface area (Å²) in [5, 5.41) is 3.54. The molecule has 0 amide bonds. The molecule has 0 radical (unpaired) electrons. The van der Waals surface area contributed by atoms with Crippen LogP contribution in [0.5, 0.6) is 0 Å². The lowest BCUT2D eigenvalue weighted by Gasteiger charge is -2.17. The summed E-state index contributed by atoms with van der Waals surface area (Å²) in [6.07, 6.45) is 6.56. The summed E-state index contributed by atoms with van der Waals surface area (Å²) in [4.78, 5) is 2.41. The van der Waals surface area contributed by atoms with Gasteiger partial charge < -0.3 is 15.0 Å². The van der Waals surface area contributed by atoms with Crippen molar-refractivity contribution < 1.29 is 4.74 Å². The zero-order chi connectivity index (χ0) is 10.9. The second kappa shape index (κ2) is 8.08. The van der Waals surface area contributed by atoms with E-state index >= 15 is 0 Å². The molecule has 1 rings (SSSR count). The summed E-state index contributed by atoms with van der Waals surface area (Å²) in [6, 6.07) is 0.803. The van der Waals surface area contributed by atoms with E-state index in [0.717, 1.165) is 25.6 Å². The average molecular weight is 214 g/mol. The second-order valence-corrected chi connectivity index (χ2v) is 4.59. The smallest absolute Gasteiger partial charge is 0.0474 e. The molecule has 1 N–H and O–H groups in total. The lowest BCUT2D eigenvalue weighted by atomic mass is 10.1. The van der Waals surface area contributed by atoms with Crippen LogP contribution in [0.15, 0.2) is 0 Å². The van der Waals surface area contributed by atoms with Crippen LogP contribution < -0.4 is 5.32 Å². The third kappa shape index (κ3) is 6.13. The highest BCUT2D eigenvalue weighted by molar-refractivity contribution is 4.74. The lowest BCUT2D eigenvalue weighted by molar-refractivity contribution is 0.178. The standard InChI is InChI=1S/C12H26N2O/c1-14(10-5-11-15-2)9-4-7-12-6-3-8-13-12/h12-13H,3-11H2,1-2H3. The van der Waals surface area contributed by atoms with E-state index in [4.69, 9.17) is 4.74 Å². The van der Waals surface area contributed by atoms with Gasteiger partial charge in [0.2, 0.25) is 0 Å². The van der Waals surface area contributed by atoms with Gasteiger partial charge >= 0.3 is 0 Å². The quantitative estimate of drug-likeness (QED) is 0.620. The third-order valence-corrected chi connectivity index (χ3v) is 3.14. The lowest BCUT2D eigenvalue weighted by Crippen LogP contribution is -2.25. The van der Waals surface area contributed by atoms with Gasteiger partial charge in [-0.3, -0.25) is 0 Å². The second-order valence-electron chi connectivity index (χ2n) is 4.59. The minimum atomic E-state index is 0.803. The van der Waals surface area contributed by atoms with E-state index in [2.05, 4.69) is 17.3 Å². The molecule has 1 saturated heterocycles. The van der Waals surface area contributed by atoms with Crippen LogP contribution in [0.4, 0.5) is 0 Å². The predicted molar refractivity (Wildman–Crippen MR) is 64.2 cm³/mol. The Hall–Kier alpha value is -0.120. The first-order valence-corrected chi connectivity index (χ1v) is 6.24. The van der Waals surface area contributed by atoms with Gasteiger partial charge in [0.25, 0.3) is 0 Å². The molecule has 0 saturated carbocycles. The van der Waals surface area contributed by atoms with Gasteiger partial charge in [-0.05, 0) is 52.2 Å². The maximum Gasteiger partial charge on any atom is 0.0474 e. The van der Waals surface area contributed by atoms with Crippen molar-refractivity contribution in [3.63, 3.8) is 0 Å². The molecule has 0 bridgehead atoms. The number of ether oxygens (including phenoxy) is 1. The zero-order valence-corrected chi connectivity index (χ0v) is 10.3. The van der Waals surface area contributed by atoms with Gasteiger partial charge in [-0.25, -0.2) is 0 Å². The Labute approximate surface area is 94.2 Å². The Bertz CT molecular complexity index is 147. The molecule has 90 valence electrons. The van der Waals surface area contributed by atoms with E-state index in [1.165, 1.54) is 38.8 Å². The molecule has 1 heterocycles. The fraction of sp³-hybridized carbons (Fsp3) is 1.00. The Kier molecular flexibility index (Phi) is 6.98. The molecule has 1 aliphatic rings. The SMILES string of the molecule is COCCCN(C)CCCC1CCCN1. The minimum absolute atomic E-state index is 0.803. The van der Waals surface area contributed by atoms with E-state index in [9.17, 15) is 0 Å². The van der Waals surface area contributed by atoms with Gasteiger partial charge in [-0.2, -0.15) is 0 Å². The first-order chi connectivity index (χ1) is 7.33. The van der Waals surface area contributed by atoms with Crippen molar-refractivity contribution in [2.24, 2.45) is 0 Å². The Morgan fingerprint density at radius 3 is 2.80 bits per heavy atom. The fourth-order valence-corrected chi connectivity index (χ4v) is 2.20. The molecule has 3 heteroatoms. The third-order valence-electron chi connectivity index (χ3n) is 3.14. The van der Waals surface area contributed by atoms with Gasteiger partial charge in [0.05, 0.1) is 0 Å². The van der Waals surface area contributed by atoms with Crippen LogP contribution in [0.1, 0.15) is 32.1 Å². The van der Waals surface area contributed by atoms with E-state index < -0.39 is 0 Å². The molecule has 1 unspecified atom stereocenters.